The van der Waals surface area contributed by atoms with E-state index >= 15 is 0 Å². The van der Waals surface area contributed by atoms with Crippen LogP contribution in [0.2, 0.25) is 5.02 Å². The Kier molecular flexibility index (Phi) is 2.81. The van der Waals surface area contributed by atoms with Gasteiger partial charge in [0.15, 0.2) is 0 Å². The van der Waals surface area contributed by atoms with Gasteiger partial charge in [0.1, 0.15) is 0 Å². The maximum absolute atomic E-state index is 5.80. The monoisotopic (exact) mass is 214 g/mol. The summed E-state index contributed by atoms with van der Waals surface area (Å²) in [6, 6.07) is 5.64. The second-order valence-electron chi connectivity index (χ2n) is 1.94. The van der Waals surface area contributed by atoms with Crippen LogP contribution in [0.1, 0.15) is 5.56 Å². The molecule has 0 saturated heterocycles. The molecule has 10 heavy (non-hydrogen) atoms. The number of halogens is 2. The lowest BCUT2D eigenvalue weighted by Crippen LogP contribution is -1.84. The molecular formula is C7H5BBrCl. The van der Waals surface area contributed by atoms with Crippen molar-refractivity contribution in [3.05, 3.63) is 33.3 Å². The molecule has 0 spiro atoms. The lowest BCUT2D eigenvalue weighted by molar-refractivity contribution is 1.39. The first-order chi connectivity index (χ1) is 4.74. The van der Waals surface area contributed by atoms with Crippen molar-refractivity contribution >= 4 is 35.4 Å². The second kappa shape index (κ2) is 3.45. The third kappa shape index (κ3) is 1.77. The minimum atomic E-state index is 0.484. The van der Waals surface area contributed by atoms with Gasteiger partial charge in [0.05, 0.1) is 7.85 Å². The van der Waals surface area contributed by atoms with Gasteiger partial charge in [-0.1, -0.05) is 33.9 Å². The predicted molar refractivity (Wildman–Crippen MR) is 48.6 cm³/mol. The maximum atomic E-state index is 5.80. The van der Waals surface area contributed by atoms with E-state index in [0.29, 0.717) is 6.32 Å². The smallest absolute Gasteiger partial charge is 0.0717 e. The van der Waals surface area contributed by atoms with E-state index in [4.69, 9.17) is 19.4 Å². The van der Waals surface area contributed by atoms with Crippen molar-refractivity contribution in [2.24, 2.45) is 0 Å². The Balaban J connectivity index is 3.09. The Bertz CT molecular complexity index is 237. The van der Waals surface area contributed by atoms with Gasteiger partial charge in [-0.05, 0) is 23.8 Å². The number of rotatable bonds is 1. The van der Waals surface area contributed by atoms with E-state index in [1.165, 1.54) is 0 Å². The molecule has 0 heterocycles. The van der Waals surface area contributed by atoms with E-state index in [0.717, 1.165) is 15.1 Å². The molecular weight excluding hydrogens is 210 g/mol. The standard InChI is InChI=1S/C7H5BBrCl/c8-4-5-3-6(9)1-2-7(5)10/h1-3H,4H2. The normalized spacial score (nSPS) is 9.80. The largest absolute Gasteiger partial charge is 0.0841 e. The van der Waals surface area contributed by atoms with Crippen LogP contribution in [0.25, 0.3) is 0 Å². The topological polar surface area (TPSA) is 0 Å². The van der Waals surface area contributed by atoms with E-state index in [9.17, 15) is 0 Å². The molecule has 0 saturated carbocycles. The highest BCUT2D eigenvalue weighted by Gasteiger charge is 1.96. The zero-order chi connectivity index (χ0) is 7.56. The van der Waals surface area contributed by atoms with E-state index in [-0.39, 0.29) is 0 Å². The minimum absolute atomic E-state index is 0.484. The molecule has 0 unspecified atom stereocenters. The molecule has 0 N–H and O–H groups in total. The molecule has 0 atom stereocenters. The molecule has 1 rings (SSSR count). The summed E-state index contributed by atoms with van der Waals surface area (Å²) in [6.45, 7) is 0. The first-order valence-corrected chi connectivity index (χ1v) is 4.05. The van der Waals surface area contributed by atoms with Crippen LogP contribution in [-0.2, 0) is 6.32 Å². The van der Waals surface area contributed by atoms with Gasteiger partial charge in [-0.25, -0.2) is 0 Å². The molecule has 1 aromatic rings. The van der Waals surface area contributed by atoms with Crippen LogP contribution in [0.15, 0.2) is 22.7 Å². The van der Waals surface area contributed by atoms with Crippen LogP contribution in [0.3, 0.4) is 0 Å². The lowest BCUT2D eigenvalue weighted by Gasteiger charge is -1.99. The van der Waals surface area contributed by atoms with Crippen LogP contribution in [-0.4, -0.2) is 7.85 Å². The fourth-order valence-corrected chi connectivity index (χ4v) is 1.30. The van der Waals surface area contributed by atoms with E-state index in [1.807, 2.05) is 18.2 Å². The molecule has 0 fully saturated rings. The van der Waals surface area contributed by atoms with Crippen molar-refractivity contribution in [1.29, 1.82) is 0 Å². The summed E-state index contributed by atoms with van der Waals surface area (Å²) in [4.78, 5) is 0. The van der Waals surface area contributed by atoms with Gasteiger partial charge in [0, 0.05) is 9.50 Å². The van der Waals surface area contributed by atoms with Crippen LogP contribution in [0.4, 0.5) is 0 Å². The molecule has 3 heteroatoms. The predicted octanol–water partition coefficient (Wildman–Crippen LogP) is 2.77. The van der Waals surface area contributed by atoms with Crippen molar-refractivity contribution in [2.75, 3.05) is 0 Å². The van der Waals surface area contributed by atoms with Gasteiger partial charge in [-0.2, -0.15) is 0 Å². The zero-order valence-corrected chi connectivity index (χ0v) is 7.61. The molecule has 0 aromatic heterocycles. The fraction of sp³-hybridized carbons (Fsp3) is 0.143. The summed E-state index contributed by atoms with van der Waals surface area (Å²) in [5.74, 6) is 0. The van der Waals surface area contributed by atoms with Crippen molar-refractivity contribution in [2.45, 2.75) is 6.32 Å². The molecule has 0 nitrogen and oxygen atoms in total. The second-order valence-corrected chi connectivity index (χ2v) is 3.26. The maximum Gasteiger partial charge on any atom is 0.0717 e. The Labute approximate surface area is 75.1 Å². The number of hydrogen-bond donors (Lipinski definition) is 0. The molecule has 0 aliphatic rings. The van der Waals surface area contributed by atoms with Crippen LogP contribution in [0, 0.1) is 0 Å². The highest BCUT2D eigenvalue weighted by Crippen LogP contribution is 2.20. The van der Waals surface area contributed by atoms with E-state index < -0.39 is 0 Å². The van der Waals surface area contributed by atoms with Crippen LogP contribution in [0.5, 0.6) is 0 Å². The zero-order valence-electron chi connectivity index (χ0n) is 5.27. The average Bonchev–Trinajstić information content (AvgIpc) is 1.94. The summed E-state index contributed by atoms with van der Waals surface area (Å²) >= 11 is 9.12. The summed E-state index contributed by atoms with van der Waals surface area (Å²) < 4.78 is 1.01. The van der Waals surface area contributed by atoms with E-state index in [2.05, 4.69) is 15.9 Å². The molecule has 0 aliphatic heterocycles. The van der Waals surface area contributed by atoms with E-state index in [1.54, 1.807) is 0 Å². The third-order valence-corrected chi connectivity index (χ3v) is 2.09. The van der Waals surface area contributed by atoms with Gasteiger partial charge in [0.2, 0.25) is 0 Å². The molecule has 50 valence electrons. The fourth-order valence-electron chi connectivity index (χ4n) is 0.700. The van der Waals surface area contributed by atoms with Crippen LogP contribution < -0.4 is 0 Å². The highest BCUT2D eigenvalue weighted by molar-refractivity contribution is 9.10. The first-order valence-electron chi connectivity index (χ1n) is 2.88. The quantitative estimate of drug-likeness (QED) is 0.632. The van der Waals surface area contributed by atoms with Crippen molar-refractivity contribution in [1.82, 2.24) is 0 Å². The van der Waals surface area contributed by atoms with Crippen LogP contribution >= 0.6 is 27.5 Å². The molecule has 2 radical (unpaired) electrons. The summed E-state index contributed by atoms with van der Waals surface area (Å²) in [5, 5.41) is 0.728. The minimum Gasteiger partial charge on any atom is -0.0841 e. The van der Waals surface area contributed by atoms with Gasteiger partial charge >= 0.3 is 0 Å². The van der Waals surface area contributed by atoms with Gasteiger partial charge in [-0.3, -0.25) is 0 Å². The Hall–Kier alpha value is 0.0549. The van der Waals surface area contributed by atoms with Gasteiger partial charge < -0.3 is 0 Å². The Morgan fingerprint density at radius 1 is 1.50 bits per heavy atom. The lowest BCUT2D eigenvalue weighted by atomic mass is 9.97. The summed E-state index contributed by atoms with van der Waals surface area (Å²) in [5.41, 5.74) is 0.969. The van der Waals surface area contributed by atoms with Crippen molar-refractivity contribution < 1.29 is 0 Å². The van der Waals surface area contributed by atoms with Gasteiger partial charge in [0.25, 0.3) is 0 Å². The number of hydrogen-bond acceptors (Lipinski definition) is 0. The third-order valence-electron chi connectivity index (χ3n) is 1.23. The van der Waals surface area contributed by atoms with Crippen molar-refractivity contribution in [3.63, 3.8) is 0 Å². The number of benzene rings is 1. The molecule has 0 bridgehead atoms. The highest BCUT2D eigenvalue weighted by atomic mass is 79.9. The Morgan fingerprint density at radius 3 is 2.70 bits per heavy atom. The summed E-state index contributed by atoms with van der Waals surface area (Å²) in [6.07, 6.45) is 0.484. The molecule has 0 amide bonds. The van der Waals surface area contributed by atoms with Gasteiger partial charge in [-0.15, -0.1) is 0 Å². The first kappa shape index (κ1) is 8.15. The molecule has 0 aliphatic carbocycles. The molecule has 1 aromatic carbocycles. The SMILES string of the molecule is [B]Cc1cc(Br)ccc1Cl. The Morgan fingerprint density at radius 2 is 2.20 bits per heavy atom. The average molecular weight is 215 g/mol. The van der Waals surface area contributed by atoms with Crippen molar-refractivity contribution in [3.8, 4) is 0 Å². The summed E-state index contributed by atoms with van der Waals surface area (Å²) in [7, 11) is 5.41.